The van der Waals surface area contributed by atoms with E-state index in [1.807, 2.05) is 0 Å². The Labute approximate surface area is 86.0 Å². The van der Waals surface area contributed by atoms with Crippen LogP contribution < -0.4 is 0 Å². The minimum atomic E-state index is 0.367. The van der Waals surface area contributed by atoms with E-state index in [1.165, 1.54) is 6.26 Å². The second-order valence-electron chi connectivity index (χ2n) is 2.76. The Hall–Kier alpha value is -1.42. The maximum Gasteiger partial charge on any atom is 0.191 e. The number of alkyl halides is 1. The minimum Gasteiger partial charge on any atom is -0.449 e. The summed E-state index contributed by atoms with van der Waals surface area (Å²) in [4.78, 5) is 12.4. The van der Waals surface area contributed by atoms with E-state index < -0.39 is 0 Å². The van der Waals surface area contributed by atoms with Gasteiger partial charge in [-0.25, -0.2) is 15.0 Å². The van der Waals surface area contributed by atoms with E-state index in [0.29, 0.717) is 23.3 Å². The van der Waals surface area contributed by atoms with E-state index in [-0.39, 0.29) is 0 Å². The molecule has 0 saturated carbocycles. The van der Waals surface area contributed by atoms with Crippen LogP contribution in [0.1, 0.15) is 11.6 Å². The van der Waals surface area contributed by atoms with Crippen LogP contribution in [0.25, 0.3) is 11.5 Å². The van der Waals surface area contributed by atoms with Crippen LogP contribution in [-0.4, -0.2) is 15.0 Å². The van der Waals surface area contributed by atoms with Gasteiger partial charge in [0.2, 0.25) is 0 Å². The van der Waals surface area contributed by atoms with Gasteiger partial charge in [-0.2, -0.15) is 0 Å². The van der Waals surface area contributed by atoms with Crippen LogP contribution in [0.5, 0.6) is 0 Å². The Balaban J connectivity index is 2.41. The Kier molecular flexibility index (Phi) is 2.45. The molecule has 0 aliphatic heterocycles. The van der Waals surface area contributed by atoms with Crippen molar-refractivity contribution in [2.75, 3.05) is 0 Å². The van der Waals surface area contributed by atoms with E-state index in [1.54, 1.807) is 19.2 Å². The highest BCUT2D eigenvalue weighted by Crippen LogP contribution is 2.13. The maximum absolute atomic E-state index is 5.66. The third-order valence-corrected chi connectivity index (χ3v) is 1.97. The molecule has 2 heterocycles. The molecule has 0 amide bonds. The van der Waals surface area contributed by atoms with Crippen molar-refractivity contribution in [3.8, 4) is 11.5 Å². The number of aryl methyl sites for hydroxylation is 1. The molecule has 0 aliphatic carbocycles. The Bertz CT molecular complexity index is 441. The predicted molar refractivity (Wildman–Crippen MR) is 51.8 cm³/mol. The van der Waals surface area contributed by atoms with Crippen LogP contribution in [0, 0.1) is 6.92 Å². The lowest BCUT2D eigenvalue weighted by Gasteiger charge is -1.96. The summed E-state index contributed by atoms with van der Waals surface area (Å²) in [5.74, 6) is 1.51. The molecule has 4 nitrogen and oxygen atoms in total. The summed E-state index contributed by atoms with van der Waals surface area (Å²) >= 11 is 5.66. The molecule has 2 aromatic rings. The summed E-state index contributed by atoms with van der Waals surface area (Å²) in [6, 6.07) is 1.77. The number of aromatic nitrogens is 3. The molecule has 0 atom stereocenters. The van der Waals surface area contributed by atoms with Crippen LogP contribution in [0.2, 0.25) is 0 Å². The maximum atomic E-state index is 5.66. The van der Waals surface area contributed by atoms with Gasteiger partial charge < -0.3 is 4.42 Å². The highest BCUT2D eigenvalue weighted by molar-refractivity contribution is 6.16. The van der Waals surface area contributed by atoms with Crippen molar-refractivity contribution in [3.63, 3.8) is 0 Å². The SMILES string of the molecule is Cc1nc(-c2nccc(CCl)n2)co1. The summed E-state index contributed by atoms with van der Waals surface area (Å²) in [5, 5.41) is 0. The van der Waals surface area contributed by atoms with Gasteiger partial charge in [0, 0.05) is 13.1 Å². The van der Waals surface area contributed by atoms with Gasteiger partial charge in [0.1, 0.15) is 12.0 Å². The standard InChI is InChI=1S/C9H8ClN3O/c1-6-12-8(5-14-6)9-11-3-2-7(4-10)13-9/h2-3,5H,4H2,1H3. The Morgan fingerprint density at radius 1 is 1.43 bits per heavy atom. The zero-order chi connectivity index (χ0) is 9.97. The summed E-state index contributed by atoms with van der Waals surface area (Å²) in [6.45, 7) is 1.77. The van der Waals surface area contributed by atoms with Gasteiger partial charge in [-0.15, -0.1) is 11.6 Å². The third-order valence-electron chi connectivity index (χ3n) is 1.70. The van der Waals surface area contributed by atoms with Crippen molar-refractivity contribution >= 4 is 11.6 Å². The first kappa shape index (κ1) is 9.15. The fraction of sp³-hybridized carbons (Fsp3) is 0.222. The molecule has 72 valence electrons. The van der Waals surface area contributed by atoms with Gasteiger partial charge in [-0.05, 0) is 6.07 Å². The smallest absolute Gasteiger partial charge is 0.191 e. The van der Waals surface area contributed by atoms with Crippen LogP contribution >= 0.6 is 11.6 Å². The number of hydrogen-bond donors (Lipinski definition) is 0. The zero-order valence-corrected chi connectivity index (χ0v) is 8.32. The number of oxazole rings is 1. The molecule has 5 heteroatoms. The molecule has 0 N–H and O–H groups in total. The molecule has 2 rings (SSSR count). The van der Waals surface area contributed by atoms with Gasteiger partial charge in [0.25, 0.3) is 0 Å². The number of halogens is 1. The molecule has 0 spiro atoms. The molecular formula is C9H8ClN3O. The second-order valence-corrected chi connectivity index (χ2v) is 3.02. The minimum absolute atomic E-state index is 0.367. The van der Waals surface area contributed by atoms with Crippen molar-refractivity contribution in [2.24, 2.45) is 0 Å². The normalized spacial score (nSPS) is 10.4. The molecule has 0 aliphatic rings. The van der Waals surface area contributed by atoms with Gasteiger partial charge in [0.05, 0.1) is 11.6 Å². The first-order valence-corrected chi connectivity index (χ1v) is 4.63. The van der Waals surface area contributed by atoms with Gasteiger partial charge >= 0.3 is 0 Å². The number of hydrogen-bond acceptors (Lipinski definition) is 4. The molecule has 0 saturated heterocycles. The number of rotatable bonds is 2. The molecule has 0 fully saturated rings. The second kappa shape index (κ2) is 3.75. The highest BCUT2D eigenvalue weighted by Gasteiger charge is 2.06. The van der Waals surface area contributed by atoms with Crippen molar-refractivity contribution in [1.82, 2.24) is 15.0 Å². The fourth-order valence-corrected chi connectivity index (χ4v) is 1.21. The number of nitrogens with zero attached hydrogens (tertiary/aromatic N) is 3. The zero-order valence-electron chi connectivity index (χ0n) is 7.57. The third kappa shape index (κ3) is 1.75. The van der Waals surface area contributed by atoms with Gasteiger partial charge in [-0.1, -0.05) is 0 Å². The first-order valence-electron chi connectivity index (χ1n) is 4.10. The lowest BCUT2D eigenvalue weighted by Crippen LogP contribution is -1.92. The van der Waals surface area contributed by atoms with Gasteiger partial charge in [0.15, 0.2) is 11.7 Å². The van der Waals surface area contributed by atoms with E-state index in [0.717, 1.165) is 5.69 Å². The summed E-state index contributed by atoms with van der Waals surface area (Å²) < 4.78 is 5.07. The molecule has 0 unspecified atom stereocenters. The van der Waals surface area contributed by atoms with Crippen LogP contribution in [0.4, 0.5) is 0 Å². The van der Waals surface area contributed by atoms with Crippen molar-refractivity contribution in [2.45, 2.75) is 12.8 Å². The Morgan fingerprint density at radius 2 is 2.29 bits per heavy atom. The van der Waals surface area contributed by atoms with Gasteiger partial charge in [-0.3, -0.25) is 0 Å². The molecule has 0 radical (unpaired) electrons. The van der Waals surface area contributed by atoms with Crippen molar-refractivity contribution in [1.29, 1.82) is 0 Å². The molecule has 0 aromatic carbocycles. The predicted octanol–water partition coefficient (Wildman–Crippen LogP) is 2.18. The van der Waals surface area contributed by atoms with Crippen LogP contribution in [0.3, 0.4) is 0 Å². The molecule has 14 heavy (non-hydrogen) atoms. The monoisotopic (exact) mass is 209 g/mol. The van der Waals surface area contributed by atoms with Crippen LogP contribution in [-0.2, 0) is 5.88 Å². The average Bonchev–Trinajstić information content (AvgIpc) is 2.65. The van der Waals surface area contributed by atoms with Crippen LogP contribution in [0.15, 0.2) is 22.9 Å². The first-order chi connectivity index (χ1) is 6.79. The van der Waals surface area contributed by atoms with E-state index in [9.17, 15) is 0 Å². The lowest BCUT2D eigenvalue weighted by atomic mass is 10.4. The molecule has 2 aromatic heterocycles. The fourth-order valence-electron chi connectivity index (χ4n) is 1.06. The topological polar surface area (TPSA) is 51.8 Å². The molecular weight excluding hydrogens is 202 g/mol. The molecule has 0 bridgehead atoms. The highest BCUT2D eigenvalue weighted by atomic mass is 35.5. The van der Waals surface area contributed by atoms with E-state index >= 15 is 0 Å². The summed E-state index contributed by atoms with van der Waals surface area (Å²) in [7, 11) is 0. The summed E-state index contributed by atoms with van der Waals surface area (Å²) in [5.41, 5.74) is 1.41. The van der Waals surface area contributed by atoms with Crippen molar-refractivity contribution < 1.29 is 4.42 Å². The largest absolute Gasteiger partial charge is 0.449 e. The quantitative estimate of drug-likeness (QED) is 0.712. The summed E-state index contributed by atoms with van der Waals surface area (Å²) in [6.07, 6.45) is 3.19. The van der Waals surface area contributed by atoms with E-state index in [4.69, 9.17) is 16.0 Å². The lowest BCUT2D eigenvalue weighted by molar-refractivity contribution is 0.521. The van der Waals surface area contributed by atoms with E-state index in [2.05, 4.69) is 15.0 Å². The van der Waals surface area contributed by atoms with Crippen molar-refractivity contribution in [3.05, 3.63) is 30.1 Å². The Morgan fingerprint density at radius 3 is 2.93 bits per heavy atom. The average molecular weight is 210 g/mol.